The van der Waals surface area contributed by atoms with Gasteiger partial charge in [0.25, 0.3) is 0 Å². The largest absolute Gasteiger partial charge is 0.369 e. The van der Waals surface area contributed by atoms with Gasteiger partial charge in [-0.15, -0.1) is 0 Å². The van der Waals surface area contributed by atoms with E-state index in [-0.39, 0.29) is 5.28 Å². The highest BCUT2D eigenvalue weighted by atomic mass is 35.5. The fourth-order valence-corrected chi connectivity index (χ4v) is 1.93. The molecule has 0 radical (unpaired) electrons. The summed E-state index contributed by atoms with van der Waals surface area (Å²) in [5, 5.41) is 17.5. The zero-order valence-electron chi connectivity index (χ0n) is 9.89. The number of H-pyrrole nitrogens is 2. The van der Waals surface area contributed by atoms with Crippen molar-refractivity contribution < 1.29 is 0 Å². The molecule has 0 unspecified atom stereocenters. The van der Waals surface area contributed by atoms with Gasteiger partial charge in [0.1, 0.15) is 18.0 Å². The number of hydrogen-bond acceptors (Lipinski definition) is 6. The van der Waals surface area contributed by atoms with Crippen LogP contribution in [0.1, 0.15) is 12.2 Å². The third-order valence-corrected chi connectivity index (χ3v) is 2.80. The number of hydrogen-bond donors (Lipinski definition) is 3. The van der Waals surface area contributed by atoms with Crippen LogP contribution in [-0.4, -0.2) is 41.9 Å². The number of aryl methyl sites for hydroxylation is 1. The van der Waals surface area contributed by atoms with Crippen molar-refractivity contribution in [1.82, 2.24) is 35.3 Å². The van der Waals surface area contributed by atoms with Gasteiger partial charge in [-0.1, -0.05) is 0 Å². The van der Waals surface area contributed by atoms with Crippen molar-refractivity contribution in [3.63, 3.8) is 0 Å². The van der Waals surface area contributed by atoms with Gasteiger partial charge in [-0.2, -0.15) is 20.2 Å². The molecule has 0 bridgehead atoms. The van der Waals surface area contributed by atoms with E-state index in [2.05, 4.69) is 40.7 Å². The van der Waals surface area contributed by atoms with Crippen molar-refractivity contribution in [2.75, 3.05) is 11.9 Å². The lowest BCUT2D eigenvalue weighted by molar-refractivity contribution is 0.804. The molecule has 9 heteroatoms. The van der Waals surface area contributed by atoms with Crippen LogP contribution in [0.2, 0.25) is 5.28 Å². The minimum atomic E-state index is 0.189. The molecule has 0 aliphatic carbocycles. The summed E-state index contributed by atoms with van der Waals surface area (Å²) in [7, 11) is 0. The molecular weight excluding hydrogens is 268 g/mol. The molecule has 8 nitrogen and oxygen atoms in total. The molecule has 3 heterocycles. The van der Waals surface area contributed by atoms with E-state index < -0.39 is 0 Å². The fraction of sp³-hybridized carbons (Fsp3) is 0.300. The van der Waals surface area contributed by atoms with Gasteiger partial charge in [0.2, 0.25) is 5.28 Å². The Labute approximate surface area is 113 Å². The Morgan fingerprint density at radius 1 is 1.21 bits per heavy atom. The number of aromatic amines is 2. The zero-order valence-corrected chi connectivity index (χ0v) is 10.6. The van der Waals surface area contributed by atoms with Crippen LogP contribution in [0, 0.1) is 0 Å². The maximum atomic E-state index is 5.84. The van der Waals surface area contributed by atoms with Crippen LogP contribution in [0.4, 0.5) is 5.82 Å². The molecule has 0 aliphatic heterocycles. The maximum Gasteiger partial charge on any atom is 0.226 e. The summed E-state index contributed by atoms with van der Waals surface area (Å²) in [6, 6.07) is 0. The summed E-state index contributed by atoms with van der Waals surface area (Å²) >= 11 is 5.84. The predicted molar refractivity (Wildman–Crippen MR) is 69.9 cm³/mol. The quantitative estimate of drug-likeness (QED) is 0.477. The average Bonchev–Trinajstić information content (AvgIpc) is 3.04. The molecule has 0 aliphatic rings. The minimum Gasteiger partial charge on any atom is -0.369 e. The Hall–Kier alpha value is -2.22. The molecule has 3 rings (SSSR count). The lowest BCUT2D eigenvalue weighted by Crippen LogP contribution is -2.06. The van der Waals surface area contributed by atoms with E-state index in [0.29, 0.717) is 11.5 Å². The zero-order chi connectivity index (χ0) is 13.1. The van der Waals surface area contributed by atoms with E-state index in [1.54, 1.807) is 6.20 Å². The number of rotatable bonds is 5. The first kappa shape index (κ1) is 11.8. The number of anilines is 1. The molecule has 0 amide bonds. The third kappa shape index (κ3) is 2.63. The number of nitrogens with zero attached hydrogens (tertiary/aromatic N) is 5. The number of halogens is 1. The number of nitrogens with one attached hydrogen (secondary N) is 3. The van der Waals surface area contributed by atoms with Crippen LogP contribution in [0.25, 0.3) is 11.0 Å². The monoisotopic (exact) mass is 278 g/mol. The smallest absolute Gasteiger partial charge is 0.226 e. The van der Waals surface area contributed by atoms with Crippen LogP contribution in [0.5, 0.6) is 0 Å². The van der Waals surface area contributed by atoms with Crippen LogP contribution in [-0.2, 0) is 6.42 Å². The van der Waals surface area contributed by atoms with Gasteiger partial charge in [0.15, 0.2) is 5.65 Å². The SMILES string of the molecule is Clc1nc(NCCCc2ncn[nH]2)c2cn[nH]c2n1. The van der Waals surface area contributed by atoms with E-state index in [0.717, 1.165) is 30.6 Å². The Kier molecular flexibility index (Phi) is 3.23. The van der Waals surface area contributed by atoms with Gasteiger partial charge >= 0.3 is 0 Å². The summed E-state index contributed by atoms with van der Waals surface area (Å²) in [5.41, 5.74) is 0.623. The first-order chi connectivity index (χ1) is 9.33. The third-order valence-electron chi connectivity index (χ3n) is 2.63. The second-order valence-corrected chi connectivity index (χ2v) is 4.27. The van der Waals surface area contributed by atoms with Crippen LogP contribution >= 0.6 is 11.6 Å². The van der Waals surface area contributed by atoms with Crippen LogP contribution < -0.4 is 5.32 Å². The second kappa shape index (κ2) is 5.19. The molecule has 0 aromatic carbocycles. The van der Waals surface area contributed by atoms with Crippen molar-refractivity contribution in [2.45, 2.75) is 12.8 Å². The first-order valence-corrected chi connectivity index (χ1v) is 6.15. The Morgan fingerprint density at radius 3 is 3.00 bits per heavy atom. The highest BCUT2D eigenvalue weighted by molar-refractivity contribution is 6.28. The van der Waals surface area contributed by atoms with Gasteiger partial charge < -0.3 is 5.32 Å². The van der Waals surface area contributed by atoms with Crippen LogP contribution in [0.3, 0.4) is 0 Å². The van der Waals surface area contributed by atoms with Gasteiger partial charge in [0.05, 0.1) is 11.6 Å². The Morgan fingerprint density at radius 2 is 2.16 bits per heavy atom. The average molecular weight is 279 g/mol. The van der Waals surface area contributed by atoms with Crippen molar-refractivity contribution in [1.29, 1.82) is 0 Å². The molecule has 0 saturated heterocycles. The second-order valence-electron chi connectivity index (χ2n) is 3.94. The number of aromatic nitrogens is 7. The van der Waals surface area contributed by atoms with Gasteiger partial charge in [0, 0.05) is 13.0 Å². The summed E-state index contributed by atoms with van der Waals surface area (Å²) in [6.07, 6.45) is 4.89. The summed E-state index contributed by atoms with van der Waals surface area (Å²) < 4.78 is 0. The van der Waals surface area contributed by atoms with E-state index >= 15 is 0 Å². The van der Waals surface area contributed by atoms with Crippen molar-refractivity contribution >= 4 is 28.5 Å². The fourth-order valence-electron chi connectivity index (χ4n) is 1.76. The highest BCUT2D eigenvalue weighted by Crippen LogP contribution is 2.19. The molecule has 0 spiro atoms. The molecule has 19 heavy (non-hydrogen) atoms. The normalized spacial score (nSPS) is 11.0. The van der Waals surface area contributed by atoms with Crippen molar-refractivity contribution in [3.05, 3.63) is 23.6 Å². The van der Waals surface area contributed by atoms with E-state index in [1.165, 1.54) is 6.33 Å². The summed E-state index contributed by atoms with van der Waals surface area (Å²) in [4.78, 5) is 12.3. The van der Waals surface area contributed by atoms with Gasteiger partial charge in [-0.3, -0.25) is 10.2 Å². The molecule has 98 valence electrons. The minimum absolute atomic E-state index is 0.189. The Bertz CT molecular complexity index is 661. The lowest BCUT2D eigenvalue weighted by Gasteiger charge is -2.05. The number of fused-ring (bicyclic) bond motifs is 1. The highest BCUT2D eigenvalue weighted by Gasteiger charge is 2.07. The Balaban J connectivity index is 1.63. The van der Waals surface area contributed by atoms with Crippen molar-refractivity contribution in [3.8, 4) is 0 Å². The van der Waals surface area contributed by atoms with E-state index in [1.807, 2.05) is 0 Å². The molecule has 3 aromatic heterocycles. The summed E-state index contributed by atoms with van der Waals surface area (Å²) in [6.45, 7) is 0.744. The van der Waals surface area contributed by atoms with Gasteiger partial charge in [-0.25, -0.2) is 4.98 Å². The summed E-state index contributed by atoms with van der Waals surface area (Å²) in [5.74, 6) is 1.55. The molecule has 3 N–H and O–H groups in total. The van der Waals surface area contributed by atoms with Gasteiger partial charge in [-0.05, 0) is 18.0 Å². The lowest BCUT2D eigenvalue weighted by atomic mass is 10.3. The topological polar surface area (TPSA) is 108 Å². The van der Waals surface area contributed by atoms with Crippen molar-refractivity contribution in [2.24, 2.45) is 0 Å². The maximum absolute atomic E-state index is 5.84. The molecular formula is C10H11ClN8. The molecule has 3 aromatic rings. The molecule has 0 atom stereocenters. The van der Waals surface area contributed by atoms with Crippen LogP contribution in [0.15, 0.2) is 12.5 Å². The standard InChI is InChI=1S/C10H11ClN8/c11-10-16-8(6-4-14-19-9(6)17-10)12-3-1-2-7-13-5-15-18-7/h4-5H,1-3H2,(H,13,15,18)(H2,12,14,16,17,19). The first-order valence-electron chi connectivity index (χ1n) is 5.77. The van der Waals surface area contributed by atoms with E-state index in [4.69, 9.17) is 11.6 Å². The predicted octanol–water partition coefficient (Wildman–Crippen LogP) is 1.17. The molecule has 0 saturated carbocycles. The van der Waals surface area contributed by atoms with E-state index in [9.17, 15) is 0 Å². The molecule has 0 fully saturated rings.